The summed E-state index contributed by atoms with van der Waals surface area (Å²) in [5.41, 5.74) is 8.18. The zero-order valence-electron chi connectivity index (χ0n) is 19.7. The number of nitrogens with zero attached hydrogens (tertiary/aromatic N) is 4. The van der Waals surface area contributed by atoms with Crippen molar-refractivity contribution in [3.05, 3.63) is 115 Å². The van der Waals surface area contributed by atoms with Crippen molar-refractivity contribution in [2.24, 2.45) is 0 Å². The van der Waals surface area contributed by atoms with Crippen molar-refractivity contribution >= 4 is 16.7 Å². The van der Waals surface area contributed by atoms with E-state index in [1.807, 2.05) is 41.1 Å². The van der Waals surface area contributed by atoms with Crippen molar-refractivity contribution in [2.45, 2.75) is 6.17 Å². The number of nitrogens with one attached hydrogen (secondary N) is 1. The van der Waals surface area contributed by atoms with E-state index in [1.165, 1.54) is 0 Å². The lowest BCUT2D eigenvalue weighted by molar-refractivity contribution is 0.415. The molecule has 0 saturated heterocycles. The molecule has 1 aliphatic rings. The maximum absolute atomic E-state index is 5.40. The molecule has 0 spiro atoms. The Bertz CT molecular complexity index is 1700. The highest BCUT2D eigenvalue weighted by Crippen LogP contribution is 2.42. The van der Waals surface area contributed by atoms with E-state index in [2.05, 4.69) is 82.8 Å². The van der Waals surface area contributed by atoms with E-state index in [1.54, 1.807) is 7.11 Å². The highest BCUT2D eigenvalue weighted by Gasteiger charge is 2.31. The van der Waals surface area contributed by atoms with Crippen LogP contribution in [0.2, 0.25) is 0 Å². The first kappa shape index (κ1) is 20.5. The van der Waals surface area contributed by atoms with Crippen LogP contribution in [0.25, 0.3) is 39.4 Å². The van der Waals surface area contributed by atoms with E-state index in [9.17, 15) is 0 Å². The summed E-state index contributed by atoms with van der Waals surface area (Å²) >= 11 is 0. The summed E-state index contributed by atoms with van der Waals surface area (Å²) < 4.78 is 9.64. The molecule has 4 aromatic carbocycles. The van der Waals surface area contributed by atoms with Gasteiger partial charge in [0.2, 0.25) is 0 Å². The molecule has 0 fully saturated rings. The minimum absolute atomic E-state index is 0.197. The number of ether oxygens (including phenoxy) is 1. The molecule has 0 radical (unpaired) electrons. The maximum atomic E-state index is 5.40. The second-order valence-corrected chi connectivity index (χ2v) is 8.83. The molecule has 3 heterocycles. The largest absolute Gasteiger partial charge is 0.497 e. The normalized spacial score (nSPS) is 14.2. The molecule has 0 bridgehead atoms. The number of hydrogen-bond donors (Lipinski definition) is 1. The Labute approximate surface area is 208 Å². The molecule has 36 heavy (non-hydrogen) atoms. The molecule has 6 aromatic rings. The predicted molar refractivity (Wildman–Crippen MR) is 142 cm³/mol. The van der Waals surface area contributed by atoms with Crippen LogP contribution in [0.4, 0.5) is 5.69 Å². The summed E-state index contributed by atoms with van der Waals surface area (Å²) in [6.07, 6.45) is 1.93. The van der Waals surface area contributed by atoms with E-state index in [0.717, 1.165) is 56.4 Å². The van der Waals surface area contributed by atoms with Gasteiger partial charge >= 0.3 is 0 Å². The van der Waals surface area contributed by atoms with Crippen LogP contribution < -0.4 is 10.1 Å². The molecule has 6 heteroatoms. The summed E-state index contributed by atoms with van der Waals surface area (Å²) in [7, 11) is 1.68. The van der Waals surface area contributed by atoms with Gasteiger partial charge in [-0.05, 0) is 60.7 Å². The van der Waals surface area contributed by atoms with Crippen molar-refractivity contribution < 1.29 is 4.74 Å². The van der Waals surface area contributed by atoms with Gasteiger partial charge in [-0.1, -0.05) is 42.5 Å². The maximum Gasteiger partial charge on any atom is 0.145 e. The number of hydrogen-bond acceptors (Lipinski definition) is 4. The van der Waals surface area contributed by atoms with Crippen LogP contribution in [0.3, 0.4) is 0 Å². The van der Waals surface area contributed by atoms with Crippen molar-refractivity contribution in [3.8, 4) is 34.1 Å². The van der Waals surface area contributed by atoms with Gasteiger partial charge in [-0.2, -0.15) is 5.10 Å². The van der Waals surface area contributed by atoms with E-state index in [-0.39, 0.29) is 6.17 Å². The van der Waals surface area contributed by atoms with Crippen LogP contribution in [-0.4, -0.2) is 26.4 Å². The minimum Gasteiger partial charge on any atom is -0.497 e. The molecule has 174 valence electrons. The van der Waals surface area contributed by atoms with Crippen LogP contribution >= 0.6 is 0 Å². The Morgan fingerprint density at radius 1 is 0.806 bits per heavy atom. The number of anilines is 1. The number of benzene rings is 4. The average Bonchev–Trinajstić information content (AvgIpc) is 3.56. The Morgan fingerprint density at radius 3 is 2.39 bits per heavy atom. The van der Waals surface area contributed by atoms with Crippen LogP contribution in [0.5, 0.6) is 5.75 Å². The standard InChI is InChI=1S/C30H23N5O/c1-36-22-17-15-20(16-18-22)28-24(19-34(33-28)21-9-3-2-4-10-21)30-31-25-12-6-5-11-23(25)29-32-26-13-7-8-14-27(26)35(29)30/h2-19,30-31H,1H3/t30-/m1/s1. The third kappa shape index (κ3) is 3.19. The van der Waals surface area contributed by atoms with Gasteiger partial charge in [-0.15, -0.1) is 0 Å². The Hall–Kier alpha value is -4.84. The number of imidazole rings is 1. The summed E-state index contributed by atoms with van der Waals surface area (Å²) in [5, 5.41) is 8.87. The van der Waals surface area contributed by atoms with E-state index >= 15 is 0 Å². The SMILES string of the molecule is COc1ccc(-c2nn(-c3ccccc3)cc2[C@@H]2Nc3ccccc3-c3nc4ccccc4n32)cc1. The quantitative estimate of drug-likeness (QED) is 0.319. The van der Waals surface area contributed by atoms with Gasteiger partial charge in [0, 0.05) is 28.6 Å². The summed E-state index contributed by atoms with van der Waals surface area (Å²) in [6.45, 7) is 0. The molecule has 1 aliphatic heterocycles. The smallest absolute Gasteiger partial charge is 0.145 e. The summed E-state index contributed by atoms with van der Waals surface area (Å²) in [6, 6.07) is 34.9. The fourth-order valence-electron chi connectivity index (χ4n) is 5.00. The number of aromatic nitrogens is 4. The molecule has 0 amide bonds. The Kier molecular flexibility index (Phi) is 4.64. The minimum atomic E-state index is -0.197. The van der Waals surface area contributed by atoms with Crippen LogP contribution in [0.1, 0.15) is 11.7 Å². The van der Waals surface area contributed by atoms with Crippen molar-refractivity contribution in [3.63, 3.8) is 0 Å². The highest BCUT2D eigenvalue weighted by molar-refractivity contribution is 5.87. The van der Waals surface area contributed by atoms with Crippen molar-refractivity contribution in [1.82, 2.24) is 19.3 Å². The number of fused-ring (bicyclic) bond motifs is 5. The molecule has 0 saturated carbocycles. The first-order valence-corrected chi connectivity index (χ1v) is 11.9. The Morgan fingerprint density at radius 2 is 1.56 bits per heavy atom. The fourth-order valence-corrected chi connectivity index (χ4v) is 5.00. The van der Waals surface area contributed by atoms with Crippen molar-refractivity contribution in [1.29, 1.82) is 0 Å². The summed E-state index contributed by atoms with van der Waals surface area (Å²) in [4.78, 5) is 5.04. The lowest BCUT2D eigenvalue weighted by atomic mass is 10.0. The lowest BCUT2D eigenvalue weighted by Crippen LogP contribution is -2.25. The van der Waals surface area contributed by atoms with Gasteiger partial charge in [-0.3, -0.25) is 4.57 Å². The zero-order valence-corrected chi connectivity index (χ0v) is 19.7. The predicted octanol–water partition coefficient (Wildman–Crippen LogP) is 6.54. The fraction of sp³-hybridized carbons (Fsp3) is 0.0667. The van der Waals surface area contributed by atoms with E-state index in [0.29, 0.717) is 0 Å². The van der Waals surface area contributed by atoms with Crippen LogP contribution in [0, 0.1) is 0 Å². The van der Waals surface area contributed by atoms with Gasteiger partial charge < -0.3 is 10.1 Å². The van der Waals surface area contributed by atoms with Crippen molar-refractivity contribution in [2.75, 3.05) is 12.4 Å². The van der Waals surface area contributed by atoms with E-state index < -0.39 is 0 Å². The van der Waals surface area contributed by atoms with Gasteiger partial charge in [0.05, 0.1) is 29.5 Å². The monoisotopic (exact) mass is 469 g/mol. The molecular formula is C30H23N5O. The van der Waals surface area contributed by atoms with Gasteiger partial charge in [0.15, 0.2) is 0 Å². The number of rotatable bonds is 4. The first-order valence-electron chi connectivity index (χ1n) is 11.9. The zero-order chi connectivity index (χ0) is 24.1. The number of para-hydroxylation sites is 4. The second kappa shape index (κ2) is 8.13. The van der Waals surface area contributed by atoms with Crippen LogP contribution in [0.15, 0.2) is 109 Å². The molecular weight excluding hydrogens is 446 g/mol. The second-order valence-electron chi connectivity index (χ2n) is 8.83. The third-order valence-electron chi connectivity index (χ3n) is 6.74. The molecule has 7 rings (SSSR count). The molecule has 1 atom stereocenters. The third-order valence-corrected chi connectivity index (χ3v) is 6.74. The number of methoxy groups -OCH3 is 1. The average molecular weight is 470 g/mol. The molecule has 2 aromatic heterocycles. The van der Waals surface area contributed by atoms with E-state index in [4.69, 9.17) is 14.8 Å². The summed E-state index contributed by atoms with van der Waals surface area (Å²) in [5.74, 6) is 1.76. The first-order chi connectivity index (χ1) is 17.8. The van der Waals surface area contributed by atoms with Gasteiger partial charge in [0.25, 0.3) is 0 Å². The Balaban J connectivity index is 1.48. The highest BCUT2D eigenvalue weighted by atomic mass is 16.5. The molecule has 0 unspecified atom stereocenters. The molecule has 1 N–H and O–H groups in total. The lowest BCUT2D eigenvalue weighted by Gasteiger charge is -2.30. The van der Waals surface area contributed by atoms with Gasteiger partial charge in [0.1, 0.15) is 17.7 Å². The molecule has 0 aliphatic carbocycles. The topological polar surface area (TPSA) is 56.9 Å². The van der Waals surface area contributed by atoms with Gasteiger partial charge in [-0.25, -0.2) is 9.67 Å². The molecule has 6 nitrogen and oxygen atoms in total. The van der Waals surface area contributed by atoms with Crippen LogP contribution in [-0.2, 0) is 0 Å².